The van der Waals surface area contributed by atoms with Crippen LogP contribution in [0, 0.1) is 0 Å². The fourth-order valence-corrected chi connectivity index (χ4v) is 4.62. The van der Waals surface area contributed by atoms with E-state index in [1.54, 1.807) is 16.8 Å². The Morgan fingerprint density at radius 2 is 1.74 bits per heavy atom. The van der Waals surface area contributed by atoms with E-state index in [4.69, 9.17) is 5.73 Å². The minimum atomic E-state index is 0.438. The third kappa shape index (κ3) is 1.88. The highest BCUT2D eigenvalue weighted by Gasteiger charge is 2.40. The lowest BCUT2D eigenvalue weighted by Crippen LogP contribution is -2.48. The second-order valence-corrected chi connectivity index (χ2v) is 6.65. The van der Waals surface area contributed by atoms with Gasteiger partial charge in [-0.1, -0.05) is 12.1 Å². The Balaban J connectivity index is 1.73. The van der Waals surface area contributed by atoms with Crippen LogP contribution in [0.4, 0.5) is 5.69 Å². The molecule has 1 aliphatic carbocycles. The Labute approximate surface area is 116 Å². The van der Waals surface area contributed by atoms with E-state index in [0.29, 0.717) is 18.1 Å². The number of anilines is 1. The van der Waals surface area contributed by atoms with Gasteiger partial charge in [0.15, 0.2) is 0 Å². The summed E-state index contributed by atoms with van der Waals surface area (Å²) in [5.41, 5.74) is 11.0. The van der Waals surface area contributed by atoms with Gasteiger partial charge in [0.05, 0.1) is 0 Å². The van der Waals surface area contributed by atoms with Crippen LogP contribution in [-0.2, 0) is 12.8 Å². The van der Waals surface area contributed by atoms with E-state index in [9.17, 15) is 0 Å². The van der Waals surface area contributed by atoms with E-state index in [0.717, 1.165) is 0 Å². The molecule has 2 atom stereocenters. The molecule has 1 aromatic carbocycles. The summed E-state index contributed by atoms with van der Waals surface area (Å²) >= 11 is 0. The summed E-state index contributed by atoms with van der Waals surface area (Å²) in [6.45, 7) is 0. The molecule has 4 rings (SSSR count). The average molecular weight is 256 g/mol. The first-order chi connectivity index (χ1) is 9.33. The Kier molecular flexibility index (Phi) is 2.80. The van der Waals surface area contributed by atoms with Crippen molar-refractivity contribution in [3.8, 4) is 0 Å². The van der Waals surface area contributed by atoms with Gasteiger partial charge in [0.25, 0.3) is 0 Å². The zero-order valence-corrected chi connectivity index (χ0v) is 11.6. The molecule has 0 radical (unpaired) electrons. The van der Waals surface area contributed by atoms with Crippen LogP contribution < -0.4 is 10.6 Å². The zero-order chi connectivity index (χ0) is 12.8. The van der Waals surface area contributed by atoms with Gasteiger partial charge >= 0.3 is 0 Å². The van der Waals surface area contributed by atoms with Gasteiger partial charge in [0.1, 0.15) is 0 Å². The molecule has 3 aliphatic rings. The predicted molar refractivity (Wildman–Crippen MR) is 79.6 cm³/mol. The van der Waals surface area contributed by atoms with Gasteiger partial charge in [0, 0.05) is 23.8 Å². The standard InChI is InChI=1S/C17H24N2/c18-13-10-14-8-9-15(11-13)19(14)17-7-3-5-12-4-1-2-6-16(12)17/h3,5,7,13-15H,1-2,4,6,8-11,18H2. The third-order valence-corrected chi connectivity index (χ3v) is 5.42. The molecule has 1 aromatic rings. The van der Waals surface area contributed by atoms with Crippen LogP contribution in [0.15, 0.2) is 18.2 Å². The Morgan fingerprint density at radius 3 is 2.53 bits per heavy atom. The van der Waals surface area contributed by atoms with Crippen LogP contribution >= 0.6 is 0 Å². The lowest BCUT2D eigenvalue weighted by molar-refractivity contribution is 0.413. The number of nitrogens with zero attached hydrogens (tertiary/aromatic N) is 1. The first kappa shape index (κ1) is 11.8. The Morgan fingerprint density at radius 1 is 1.00 bits per heavy atom. The molecule has 2 fully saturated rings. The van der Waals surface area contributed by atoms with Crippen LogP contribution in [0.1, 0.15) is 49.7 Å². The predicted octanol–water partition coefficient (Wildman–Crippen LogP) is 3.02. The van der Waals surface area contributed by atoms with E-state index in [-0.39, 0.29) is 0 Å². The molecule has 2 N–H and O–H groups in total. The van der Waals surface area contributed by atoms with Gasteiger partial charge in [0.2, 0.25) is 0 Å². The smallest absolute Gasteiger partial charge is 0.0406 e. The van der Waals surface area contributed by atoms with Crippen LogP contribution in [-0.4, -0.2) is 18.1 Å². The summed E-state index contributed by atoms with van der Waals surface area (Å²) in [4.78, 5) is 2.74. The monoisotopic (exact) mass is 256 g/mol. The van der Waals surface area contributed by atoms with Crippen LogP contribution in [0.5, 0.6) is 0 Å². The molecule has 2 bridgehead atoms. The van der Waals surface area contributed by atoms with Crippen molar-refractivity contribution in [2.24, 2.45) is 5.73 Å². The maximum absolute atomic E-state index is 6.21. The van der Waals surface area contributed by atoms with Gasteiger partial charge < -0.3 is 10.6 Å². The first-order valence-corrected chi connectivity index (χ1v) is 7.97. The summed E-state index contributed by atoms with van der Waals surface area (Å²) in [6, 6.07) is 8.84. The largest absolute Gasteiger partial charge is 0.365 e. The van der Waals surface area contributed by atoms with Crippen LogP contribution in [0.3, 0.4) is 0 Å². The zero-order valence-electron chi connectivity index (χ0n) is 11.6. The summed E-state index contributed by atoms with van der Waals surface area (Å²) < 4.78 is 0. The molecule has 0 saturated carbocycles. The quantitative estimate of drug-likeness (QED) is 0.837. The lowest BCUT2D eigenvalue weighted by Gasteiger charge is -2.41. The Hall–Kier alpha value is -1.02. The molecule has 2 saturated heterocycles. The summed E-state index contributed by atoms with van der Waals surface area (Å²) in [6.07, 6.45) is 10.4. The molecule has 0 amide bonds. The summed E-state index contributed by atoms with van der Waals surface area (Å²) in [5, 5.41) is 0. The second-order valence-electron chi connectivity index (χ2n) is 6.65. The van der Waals surface area contributed by atoms with E-state index < -0.39 is 0 Å². The minimum Gasteiger partial charge on any atom is -0.365 e. The van der Waals surface area contributed by atoms with Crippen molar-refractivity contribution in [1.82, 2.24) is 0 Å². The normalized spacial score (nSPS) is 33.3. The number of hydrogen-bond acceptors (Lipinski definition) is 2. The number of piperidine rings is 1. The molecule has 0 spiro atoms. The van der Waals surface area contributed by atoms with Gasteiger partial charge in [-0.3, -0.25) is 0 Å². The highest BCUT2D eigenvalue weighted by Crippen LogP contribution is 2.42. The van der Waals surface area contributed by atoms with Crippen molar-refractivity contribution in [3.63, 3.8) is 0 Å². The van der Waals surface area contributed by atoms with Gasteiger partial charge in [-0.2, -0.15) is 0 Å². The second kappa shape index (κ2) is 4.52. The minimum absolute atomic E-state index is 0.438. The first-order valence-electron chi connectivity index (χ1n) is 7.97. The van der Waals surface area contributed by atoms with Crippen molar-refractivity contribution < 1.29 is 0 Å². The highest BCUT2D eigenvalue weighted by atomic mass is 15.2. The maximum atomic E-state index is 6.21. The lowest BCUT2D eigenvalue weighted by atomic mass is 9.88. The number of aryl methyl sites for hydroxylation is 1. The highest BCUT2D eigenvalue weighted by molar-refractivity contribution is 5.60. The number of hydrogen-bond donors (Lipinski definition) is 1. The van der Waals surface area contributed by atoms with Crippen molar-refractivity contribution in [2.75, 3.05) is 4.90 Å². The summed E-state index contributed by atoms with van der Waals surface area (Å²) in [7, 11) is 0. The molecular formula is C17H24N2. The fraction of sp³-hybridized carbons (Fsp3) is 0.647. The van der Waals surface area contributed by atoms with Gasteiger partial charge in [-0.15, -0.1) is 0 Å². The van der Waals surface area contributed by atoms with Crippen molar-refractivity contribution in [2.45, 2.75) is 69.5 Å². The van der Waals surface area contributed by atoms with Gasteiger partial charge in [-0.25, -0.2) is 0 Å². The SMILES string of the molecule is NC1CC2CCC(C1)N2c1cccc2c1CCCC2. The van der Waals surface area contributed by atoms with E-state index >= 15 is 0 Å². The molecule has 0 aromatic heterocycles. The van der Waals surface area contributed by atoms with Gasteiger partial charge in [-0.05, 0) is 68.6 Å². The van der Waals surface area contributed by atoms with Crippen molar-refractivity contribution in [3.05, 3.63) is 29.3 Å². The molecule has 2 unspecified atom stereocenters. The Bertz CT molecular complexity index is 468. The van der Waals surface area contributed by atoms with Crippen LogP contribution in [0.2, 0.25) is 0 Å². The third-order valence-electron chi connectivity index (χ3n) is 5.42. The van der Waals surface area contributed by atoms with Crippen LogP contribution in [0.25, 0.3) is 0 Å². The number of fused-ring (bicyclic) bond motifs is 3. The maximum Gasteiger partial charge on any atom is 0.0406 e. The molecule has 19 heavy (non-hydrogen) atoms. The fourth-order valence-electron chi connectivity index (χ4n) is 4.62. The summed E-state index contributed by atoms with van der Waals surface area (Å²) in [5.74, 6) is 0. The van der Waals surface area contributed by atoms with Crippen molar-refractivity contribution >= 4 is 5.69 Å². The van der Waals surface area contributed by atoms with E-state index in [1.165, 1.54) is 51.4 Å². The molecule has 102 valence electrons. The number of rotatable bonds is 1. The van der Waals surface area contributed by atoms with E-state index in [2.05, 4.69) is 23.1 Å². The van der Waals surface area contributed by atoms with E-state index in [1.807, 2.05) is 0 Å². The van der Waals surface area contributed by atoms with Crippen molar-refractivity contribution in [1.29, 1.82) is 0 Å². The molecular weight excluding hydrogens is 232 g/mol. The topological polar surface area (TPSA) is 29.3 Å². The average Bonchev–Trinajstić information content (AvgIpc) is 2.70. The molecule has 2 heteroatoms. The number of benzene rings is 1. The molecule has 2 nitrogen and oxygen atoms in total. The number of nitrogens with two attached hydrogens (primary N) is 1. The molecule has 2 heterocycles. The molecule has 2 aliphatic heterocycles.